The molecule has 0 saturated carbocycles. The third-order valence-corrected chi connectivity index (χ3v) is 4.77. The molecule has 112 valence electrons. The highest BCUT2D eigenvalue weighted by Gasteiger charge is 2.32. The van der Waals surface area contributed by atoms with E-state index in [-0.39, 0.29) is 5.54 Å². The molecule has 1 saturated heterocycles. The van der Waals surface area contributed by atoms with Crippen molar-refractivity contribution in [2.75, 3.05) is 39.3 Å². The Morgan fingerprint density at radius 1 is 1.15 bits per heavy atom. The highest BCUT2D eigenvalue weighted by Crippen LogP contribution is 2.22. The summed E-state index contributed by atoms with van der Waals surface area (Å²) in [6, 6.07) is 8.14. The quantitative estimate of drug-likeness (QED) is 0.904. The van der Waals surface area contributed by atoms with Gasteiger partial charge in [-0.2, -0.15) is 0 Å². The molecule has 1 aromatic rings. The molecule has 3 nitrogen and oxygen atoms in total. The molecule has 0 aliphatic carbocycles. The molecule has 1 aliphatic rings. The zero-order valence-electron chi connectivity index (χ0n) is 12.6. The molecule has 1 aliphatic heterocycles. The minimum Gasteiger partial charge on any atom is -0.329 e. The van der Waals surface area contributed by atoms with Crippen LogP contribution in [0.25, 0.3) is 0 Å². The Bertz CT molecular complexity index is 412. The van der Waals surface area contributed by atoms with Gasteiger partial charge < -0.3 is 10.6 Å². The van der Waals surface area contributed by atoms with Gasteiger partial charge in [0.25, 0.3) is 0 Å². The summed E-state index contributed by atoms with van der Waals surface area (Å²) in [5.41, 5.74) is 7.44. The topological polar surface area (TPSA) is 32.5 Å². The van der Waals surface area contributed by atoms with Crippen molar-refractivity contribution >= 4 is 11.6 Å². The molecule has 4 heteroatoms. The van der Waals surface area contributed by atoms with E-state index in [0.29, 0.717) is 6.54 Å². The average Bonchev–Trinajstić information content (AvgIpc) is 2.49. The van der Waals surface area contributed by atoms with Crippen LogP contribution in [-0.4, -0.2) is 54.6 Å². The third kappa shape index (κ3) is 3.73. The Balaban J connectivity index is 2.03. The Hall–Kier alpha value is -0.610. The second-order valence-electron chi connectivity index (χ2n) is 5.93. The van der Waals surface area contributed by atoms with Crippen LogP contribution < -0.4 is 5.73 Å². The number of hydrogen-bond donors (Lipinski definition) is 1. The number of likely N-dealkylation sites (N-methyl/N-ethyl adjacent to an activating group) is 1. The lowest BCUT2D eigenvalue weighted by molar-refractivity contribution is 0.0486. The van der Waals surface area contributed by atoms with E-state index < -0.39 is 0 Å². The van der Waals surface area contributed by atoms with Crippen molar-refractivity contribution in [2.24, 2.45) is 5.73 Å². The van der Waals surface area contributed by atoms with Gasteiger partial charge in [-0.05, 0) is 37.6 Å². The number of nitrogens with two attached hydrogens (primary N) is 1. The molecule has 1 heterocycles. The van der Waals surface area contributed by atoms with Gasteiger partial charge in [0.15, 0.2) is 0 Å². The maximum atomic E-state index is 6.10. The fraction of sp³-hybridized carbons (Fsp3) is 0.625. The van der Waals surface area contributed by atoms with Crippen molar-refractivity contribution in [1.29, 1.82) is 0 Å². The summed E-state index contributed by atoms with van der Waals surface area (Å²) < 4.78 is 0. The predicted octanol–water partition coefficient (Wildman–Crippen LogP) is 2.24. The lowest BCUT2D eigenvalue weighted by atomic mass is 9.90. The van der Waals surface area contributed by atoms with Gasteiger partial charge in [-0.15, -0.1) is 0 Å². The summed E-state index contributed by atoms with van der Waals surface area (Å²) in [5.74, 6) is 0. The molecule has 0 amide bonds. The number of halogens is 1. The zero-order valence-corrected chi connectivity index (χ0v) is 13.4. The van der Waals surface area contributed by atoms with Crippen molar-refractivity contribution in [3.63, 3.8) is 0 Å². The van der Waals surface area contributed by atoms with E-state index in [9.17, 15) is 0 Å². The Morgan fingerprint density at radius 3 is 2.25 bits per heavy atom. The van der Waals surface area contributed by atoms with Crippen LogP contribution in [0.3, 0.4) is 0 Å². The smallest absolute Gasteiger partial charge is 0.0406 e. The largest absolute Gasteiger partial charge is 0.329 e. The molecule has 0 aromatic heterocycles. The summed E-state index contributed by atoms with van der Waals surface area (Å²) >= 11 is 5.96. The van der Waals surface area contributed by atoms with Crippen LogP contribution >= 0.6 is 11.6 Å². The summed E-state index contributed by atoms with van der Waals surface area (Å²) in [4.78, 5) is 5.05. The highest BCUT2D eigenvalue weighted by molar-refractivity contribution is 6.30. The van der Waals surface area contributed by atoms with Gasteiger partial charge >= 0.3 is 0 Å². The van der Waals surface area contributed by atoms with Gasteiger partial charge in [0.1, 0.15) is 0 Å². The van der Waals surface area contributed by atoms with Crippen molar-refractivity contribution in [3.8, 4) is 0 Å². The number of piperazine rings is 1. The lowest BCUT2D eigenvalue weighted by Crippen LogP contribution is -2.59. The molecular weight excluding hydrogens is 270 g/mol. The van der Waals surface area contributed by atoms with Crippen molar-refractivity contribution < 1.29 is 0 Å². The number of rotatable bonds is 5. The third-order valence-electron chi connectivity index (χ3n) is 4.52. The SMILES string of the molecule is CCN1CCN(C(C)(CN)Cc2ccc(Cl)cc2)CC1. The summed E-state index contributed by atoms with van der Waals surface area (Å²) in [7, 11) is 0. The van der Waals surface area contributed by atoms with Gasteiger partial charge in [-0.25, -0.2) is 0 Å². The Labute approximate surface area is 127 Å². The normalized spacial score (nSPS) is 20.8. The molecule has 2 N–H and O–H groups in total. The first kappa shape index (κ1) is 15.8. The van der Waals surface area contributed by atoms with E-state index in [1.54, 1.807) is 0 Å². The second kappa shape index (κ2) is 6.90. The van der Waals surface area contributed by atoms with Crippen LogP contribution in [0, 0.1) is 0 Å². The molecular formula is C16H26ClN3. The minimum atomic E-state index is 0.0354. The number of benzene rings is 1. The van der Waals surface area contributed by atoms with E-state index in [1.807, 2.05) is 12.1 Å². The van der Waals surface area contributed by atoms with Crippen LogP contribution in [0.4, 0.5) is 0 Å². The zero-order chi connectivity index (χ0) is 14.6. The molecule has 1 aromatic carbocycles. The highest BCUT2D eigenvalue weighted by atomic mass is 35.5. The first-order chi connectivity index (χ1) is 9.57. The second-order valence-corrected chi connectivity index (χ2v) is 6.36. The van der Waals surface area contributed by atoms with Crippen LogP contribution in [0.2, 0.25) is 5.02 Å². The van der Waals surface area contributed by atoms with E-state index in [2.05, 4.69) is 35.8 Å². The van der Waals surface area contributed by atoms with E-state index in [4.69, 9.17) is 17.3 Å². The monoisotopic (exact) mass is 295 g/mol. The fourth-order valence-electron chi connectivity index (χ4n) is 2.96. The van der Waals surface area contributed by atoms with Gasteiger partial charge in [0.05, 0.1) is 0 Å². The van der Waals surface area contributed by atoms with Gasteiger partial charge in [0.2, 0.25) is 0 Å². The van der Waals surface area contributed by atoms with Gasteiger partial charge in [-0.3, -0.25) is 4.90 Å². The van der Waals surface area contributed by atoms with E-state index >= 15 is 0 Å². The standard InChI is InChI=1S/C16H26ClN3/c1-3-19-8-10-20(11-9-19)16(2,13-18)12-14-4-6-15(17)7-5-14/h4-7H,3,8-13,18H2,1-2H3. The maximum Gasteiger partial charge on any atom is 0.0406 e. The number of nitrogens with zero attached hydrogens (tertiary/aromatic N) is 2. The van der Waals surface area contributed by atoms with E-state index in [1.165, 1.54) is 5.56 Å². The van der Waals surface area contributed by atoms with Crippen molar-refractivity contribution in [2.45, 2.75) is 25.8 Å². The molecule has 1 fully saturated rings. The van der Waals surface area contributed by atoms with Gasteiger partial charge in [0, 0.05) is 43.3 Å². The van der Waals surface area contributed by atoms with Crippen LogP contribution in [-0.2, 0) is 6.42 Å². The van der Waals surface area contributed by atoms with Crippen molar-refractivity contribution in [3.05, 3.63) is 34.9 Å². The van der Waals surface area contributed by atoms with Crippen LogP contribution in [0.5, 0.6) is 0 Å². The lowest BCUT2D eigenvalue weighted by Gasteiger charge is -2.45. The molecule has 2 rings (SSSR count). The molecule has 0 spiro atoms. The Kier molecular flexibility index (Phi) is 5.44. The van der Waals surface area contributed by atoms with E-state index in [0.717, 1.165) is 44.2 Å². The molecule has 0 radical (unpaired) electrons. The molecule has 0 bridgehead atoms. The van der Waals surface area contributed by atoms with Crippen molar-refractivity contribution in [1.82, 2.24) is 9.80 Å². The summed E-state index contributed by atoms with van der Waals surface area (Å²) in [6.45, 7) is 10.8. The van der Waals surface area contributed by atoms with Crippen LogP contribution in [0.15, 0.2) is 24.3 Å². The summed E-state index contributed by atoms with van der Waals surface area (Å²) in [5, 5.41) is 0.791. The first-order valence-corrected chi connectivity index (χ1v) is 7.87. The molecule has 1 atom stereocenters. The fourth-order valence-corrected chi connectivity index (χ4v) is 3.08. The molecule has 1 unspecified atom stereocenters. The average molecular weight is 296 g/mol. The minimum absolute atomic E-state index is 0.0354. The predicted molar refractivity (Wildman–Crippen MR) is 86.3 cm³/mol. The summed E-state index contributed by atoms with van der Waals surface area (Å²) in [6.07, 6.45) is 0.979. The number of hydrogen-bond acceptors (Lipinski definition) is 3. The maximum absolute atomic E-state index is 6.10. The first-order valence-electron chi connectivity index (χ1n) is 7.49. The van der Waals surface area contributed by atoms with Crippen LogP contribution in [0.1, 0.15) is 19.4 Å². The molecule has 20 heavy (non-hydrogen) atoms. The Morgan fingerprint density at radius 2 is 1.75 bits per heavy atom. The van der Waals surface area contributed by atoms with Gasteiger partial charge in [-0.1, -0.05) is 30.7 Å².